The number of carbonyl (C=O) groups excluding carboxylic acids is 1. The number of Topliss-reactive ketones (excluding diaryl/α,β-unsaturated/α-hetero) is 1. The summed E-state index contributed by atoms with van der Waals surface area (Å²) in [5, 5.41) is 1.14. The first kappa shape index (κ1) is 20.2. The topological polar surface area (TPSA) is 20.9 Å². The number of hydrogen-bond donors (Lipinski definition) is 0. The third kappa shape index (κ3) is 7.87. The van der Waals surface area contributed by atoms with Gasteiger partial charge in [0.1, 0.15) is 0 Å². The van der Waals surface area contributed by atoms with Crippen molar-refractivity contribution in [1.29, 1.82) is 0 Å². The molecule has 1 heterocycles. The van der Waals surface area contributed by atoms with Gasteiger partial charge in [-0.25, -0.2) is 0 Å². The minimum atomic E-state index is -11.2. The number of benzene rings is 2. The third-order valence-electron chi connectivity index (χ3n) is 3.20. The molecule has 2 nitrogen and oxygen atoms in total. The van der Waals surface area contributed by atoms with Gasteiger partial charge in [-0.05, 0) is 12.1 Å². The van der Waals surface area contributed by atoms with Crippen LogP contribution in [-0.4, -0.2) is 25.3 Å². The van der Waals surface area contributed by atoms with Crippen LogP contribution in [0, 0.1) is 0 Å². The fourth-order valence-corrected chi connectivity index (χ4v) is 2.23. The van der Waals surface area contributed by atoms with E-state index in [-0.39, 0.29) is 5.78 Å². The molecule has 3 rings (SSSR count). The molecule has 1 aromatic heterocycles. The maximum atomic E-state index is 12.2. The first-order valence-electron chi connectivity index (χ1n) is 7.31. The van der Waals surface area contributed by atoms with Crippen LogP contribution >= 0.6 is 0 Å². The molecule has 3 aromatic rings. The van der Waals surface area contributed by atoms with Crippen molar-refractivity contribution in [2.24, 2.45) is 0 Å². The molecule has 0 bridgehead atoms. The van der Waals surface area contributed by atoms with Gasteiger partial charge in [0.2, 0.25) is 17.8 Å². The molecule has 140 valence electrons. The van der Waals surface area contributed by atoms with Crippen molar-refractivity contribution in [3.63, 3.8) is 0 Å². The van der Waals surface area contributed by atoms with E-state index in [9.17, 15) is 21.7 Å². The van der Waals surface area contributed by atoms with Crippen LogP contribution in [0.25, 0.3) is 10.9 Å². The van der Waals surface area contributed by atoms with E-state index >= 15 is 0 Å². The summed E-state index contributed by atoms with van der Waals surface area (Å²) in [6, 6.07) is 21.5. The summed E-state index contributed by atoms with van der Waals surface area (Å²) in [5.41, 5.74) is 1.83. The first-order valence-corrected chi connectivity index (χ1v) is 13.1. The zero-order valence-electron chi connectivity index (χ0n) is 13.2. The summed E-state index contributed by atoms with van der Waals surface area (Å²) >= 11 is -11.2. The summed E-state index contributed by atoms with van der Waals surface area (Å²) in [6.07, 6.45) is 1.95. The van der Waals surface area contributed by atoms with Crippen LogP contribution in [0.15, 0.2) is 72.9 Å². The van der Waals surface area contributed by atoms with E-state index in [1.807, 2.05) is 65.4 Å². The third-order valence-corrected chi connectivity index (χ3v) is 3.20. The van der Waals surface area contributed by atoms with Crippen molar-refractivity contribution in [3.8, 4) is 0 Å². The predicted octanol–water partition coefficient (Wildman–Crippen LogP) is 5.15. The Hall–Kier alpha value is -2.08. The van der Waals surface area contributed by atoms with Crippen molar-refractivity contribution >= 4 is 36.2 Å². The van der Waals surface area contributed by atoms with Crippen LogP contribution in [0.2, 0.25) is 0 Å². The Bertz CT molecular complexity index is 910. The van der Waals surface area contributed by atoms with Crippen molar-refractivity contribution in [2.75, 3.05) is 0 Å². The van der Waals surface area contributed by atoms with Crippen molar-refractivity contribution in [2.45, 2.75) is 6.54 Å². The monoisotopic (exact) mass is 483 g/mol. The number of hydrogen-bond acceptors (Lipinski definition) is 1. The summed E-state index contributed by atoms with van der Waals surface area (Å²) in [7, 11) is 0. The molecule has 0 spiro atoms. The number of fused-ring (bicyclic) bond motifs is 1. The Morgan fingerprint density at radius 2 is 1.27 bits per heavy atom. The van der Waals surface area contributed by atoms with Crippen LogP contribution < -0.4 is 4.57 Å². The van der Waals surface area contributed by atoms with E-state index in [4.69, 9.17) is 0 Å². The average Bonchev–Trinajstić information content (AvgIpc) is 2.53. The number of nitrogens with zero attached hydrogens (tertiary/aromatic N) is 1. The van der Waals surface area contributed by atoms with Gasteiger partial charge in [-0.3, -0.25) is 4.79 Å². The second-order valence-corrected chi connectivity index (χ2v) is 10.9. The van der Waals surface area contributed by atoms with E-state index in [2.05, 4.69) is 12.1 Å². The van der Waals surface area contributed by atoms with Crippen LogP contribution in [0.1, 0.15) is 10.4 Å². The zero-order valence-corrected chi connectivity index (χ0v) is 15.8. The minimum absolute atomic E-state index is 0.127. The van der Waals surface area contributed by atoms with Gasteiger partial charge in [0, 0.05) is 23.1 Å². The van der Waals surface area contributed by atoms with E-state index in [0.717, 1.165) is 16.5 Å². The fraction of sp³-hybridized carbons (Fsp3) is 0.0588. The van der Waals surface area contributed by atoms with Crippen LogP contribution in [0.5, 0.6) is 0 Å². The van der Waals surface area contributed by atoms with Gasteiger partial charge in [0.05, 0.1) is 0 Å². The zero-order chi connectivity index (χ0) is 19.5. The molecule has 26 heavy (non-hydrogen) atoms. The fourth-order valence-electron chi connectivity index (χ4n) is 2.23. The number of pyridine rings is 1. The normalized spacial score (nSPS) is 13.9. The van der Waals surface area contributed by atoms with E-state index in [1.165, 1.54) is 0 Å². The second-order valence-electron chi connectivity index (χ2n) is 5.44. The van der Waals surface area contributed by atoms with Gasteiger partial charge in [0.15, 0.2) is 6.20 Å². The molecule has 0 atom stereocenters. The summed E-state index contributed by atoms with van der Waals surface area (Å²) in [5.74, 6) is 0.127. The Balaban J connectivity index is 0.000000298. The number of para-hydroxylation sites is 1. The van der Waals surface area contributed by atoms with Crippen LogP contribution in [0.3, 0.4) is 0 Å². The van der Waals surface area contributed by atoms with Crippen LogP contribution in [-0.2, 0) is 6.54 Å². The molecule has 0 aliphatic heterocycles. The van der Waals surface area contributed by atoms with E-state index in [0.29, 0.717) is 6.54 Å². The SMILES string of the molecule is O=C(C[n+]1cccc2ccccc21)c1ccccc1.[F][Sb-]([F])([F])([F])([F])[F]. The van der Waals surface area contributed by atoms with Crippen molar-refractivity contribution < 1.29 is 26.2 Å². The number of aromatic nitrogens is 1. The van der Waals surface area contributed by atoms with Gasteiger partial charge < -0.3 is 0 Å². The van der Waals surface area contributed by atoms with Gasteiger partial charge in [0.25, 0.3) is 0 Å². The molecule has 0 saturated carbocycles. The first-order chi connectivity index (χ1) is 11.8. The summed E-state index contributed by atoms with van der Waals surface area (Å²) in [4.78, 5) is 12.2. The Labute approximate surface area is 147 Å². The quantitative estimate of drug-likeness (QED) is 0.218. The molecule has 0 radical (unpaired) electrons. The Morgan fingerprint density at radius 1 is 0.769 bits per heavy atom. The molecule has 0 amide bonds. The van der Waals surface area contributed by atoms with E-state index in [1.54, 1.807) is 0 Å². The molecular weight excluding hydrogens is 470 g/mol. The molecule has 0 N–H and O–H groups in total. The number of ketones is 1. The predicted molar refractivity (Wildman–Crippen MR) is 87.3 cm³/mol. The van der Waals surface area contributed by atoms with E-state index < -0.39 is 19.5 Å². The van der Waals surface area contributed by atoms with Crippen molar-refractivity contribution in [1.82, 2.24) is 0 Å². The van der Waals surface area contributed by atoms with Gasteiger partial charge in [-0.1, -0.05) is 42.5 Å². The maximum absolute atomic E-state index is 12.2. The molecule has 0 fully saturated rings. The Morgan fingerprint density at radius 3 is 1.88 bits per heavy atom. The summed E-state index contributed by atoms with van der Waals surface area (Å²) in [6.45, 7) is 0.366. The van der Waals surface area contributed by atoms with Gasteiger partial charge in [-0.2, -0.15) is 4.57 Å². The molecule has 0 aliphatic carbocycles. The van der Waals surface area contributed by atoms with Crippen molar-refractivity contribution in [3.05, 3.63) is 78.5 Å². The van der Waals surface area contributed by atoms with Crippen LogP contribution in [0.4, 0.5) is 16.9 Å². The molecule has 2 aromatic carbocycles. The molecule has 9 heteroatoms. The van der Waals surface area contributed by atoms with Gasteiger partial charge in [-0.15, -0.1) is 0 Å². The number of rotatable bonds is 3. The van der Waals surface area contributed by atoms with Gasteiger partial charge >= 0.3 is 36.4 Å². The summed E-state index contributed by atoms with van der Waals surface area (Å²) < 4.78 is 61.5. The number of halogens is 6. The molecular formula is C17H14F6NOSb. The standard InChI is InChI=1S/C17H14NO.6FH.Sb/c19-17(15-8-2-1-3-9-15)13-18-12-6-10-14-7-4-5-11-16(14)18;;;;;;;/h1-12H,13H2;6*1H;/q+1;;;;;;;+5/p-6. The number of carbonyl (C=O) groups is 1. The Kier molecular flexibility index (Phi) is 5.12. The molecule has 0 saturated heterocycles. The second kappa shape index (κ2) is 6.58. The average molecular weight is 484 g/mol. The molecule has 0 unspecified atom stereocenters. The molecule has 0 aliphatic rings.